The van der Waals surface area contributed by atoms with Crippen LogP contribution in [0.15, 0.2) is 28.9 Å². The molecule has 0 saturated carbocycles. The third kappa shape index (κ3) is 1.82. The van der Waals surface area contributed by atoms with Crippen LogP contribution in [0.1, 0.15) is 26.7 Å². The number of rotatable bonds is 0. The average molecular weight is 176 g/mol. The first-order valence-corrected chi connectivity index (χ1v) is 4.88. The van der Waals surface area contributed by atoms with E-state index in [9.17, 15) is 0 Å². The van der Waals surface area contributed by atoms with E-state index in [0.29, 0.717) is 0 Å². The lowest BCUT2D eigenvalue weighted by Crippen LogP contribution is -2.22. The molecule has 0 aromatic heterocycles. The Balaban J connectivity index is 2.37. The highest BCUT2D eigenvalue weighted by Crippen LogP contribution is 2.26. The maximum absolute atomic E-state index is 4.46. The molecule has 0 unspecified atom stereocenters. The zero-order chi connectivity index (χ0) is 9.31. The summed E-state index contributed by atoms with van der Waals surface area (Å²) >= 11 is 0. The van der Waals surface area contributed by atoms with Gasteiger partial charge in [0.2, 0.25) is 0 Å². The van der Waals surface area contributed by atoms with Gasteiger partial charge >= 0.3 is 0 Å². The SMILES string of the molecule is CC1(C)C=CNC2=NCCCC2=C1. The molecular weight excluding hydrogens is 160 g/mol. The van der Waals surface area contributed by atoms with Crippen molar-refractivity contribution in [2.45, 2.75) is 26.7 Å². The van der Waals surface area contributed by atoms with Crippen molar-refractivity contribution in [2.24, 2.45) is 10.4 Å². The van der Waals surface area contributed by atoms with Crippen LogP contribution in [0.2, 0.25) is 0 Å². The van der Waals surface area contributed by atoms with Crippen LogP contribution in [-0.2, 0) is 0 Å². The molecule has 0 aromatic rings. The Hall–Kier alpha value is -1.05. The summed E-state index contributed by atoms with van der Waals surface area (Å²) in [6.07, 6.45) is 8.86. The van der Waals surface area contributed by atoms with Gasteiger partial charge in [0.15, 0.2) is 0 Å². The van der Waals surface area contributed by atoms with E-state index in [4.69, 9.17) is 0 Å². The van der Waals surface area contributed by atoms with E-state index in [-0.39, 0.29) is 5.41 Å². The number of nitrogens with one attached hydrogen (secondary N) is 1. The summed E-state index contributed by atoms with van der Waals surface area (Å²) in [4.78, 5) is 4.46. The Labute approximate surface area is 79.4 Å². The highest BCUT2D eigenvalue weighted by Gasteiger charge is 2.19. The lowest BCUT2D eigenvalue weighted by atomic mass is 9.89. The molecule has 2 rings (SSSR count). The highest BCUT2D eigenvalue weighted by molar-refractivity contribution is 5.99. The summed E-state index contributed by atoms with van der Waals surface area (Å²) in [5, 5.41) is 3.24. The van der Waals surface area contributed by atoms with Gasteiger partial charge in [-0.05, 0) is 24.6 Å². The molecule has 2 nitrogen and oxygen atoms in total. The maximum Gasteiger partial charge on any atom is 0.127 e. The zero-order valence-corrected chi connectivity index (χ0v) is 8.30. The van der Waals surface area contributed by atoms with E-state index in [1.807, 2.05) is 6.20 Å². The van der Waals surface area contributed by atoms with E-state index in [2.05, 4.69) is 36.3 Å². The fraction of sp³-hybridized carbons (Fsp3) is 0.545. The number of hydrogen-bond acceptors (Lipinski definition) is 2. The molecule has 70 valence electrons. The molecule has 0 fully saturated rings. The Morgan fingerprint density at radius 3 is 3.15 bits per heavy atom. The smallest absolute Gasteiger partial charge is 0.127 e. The Kier molecular flexibility index (Phi) is 1.98. The summed E-state index contributed by atoms with van der Waals surface area (Å²) in [6, 6.07) is 0. The topological polar surface area (TPSA) is 24.4 Å². The first kappa shape index (κ1) is 8.54. The van der Waals surface area contributed by atoms with Crippen molar-refractivity contribution >= 4 is 5.84 Å². The Morgan fingerprint density at radius 1 is 1.46 bits per heavy atom. The summed E-state index contributed by atoms with van der Waals surface area (Å²) in [5.74, 6) is 1.08. The summed E-state index contributed by atoms with van der Waals surface area (Å²) in [5.41, 5.74) is 1.54. The second-order valence-electron chi connectivity index (χ2n) is 4.30. The summed E-state index contributed by atoms with van der Waals surface area (Å²) < 4.78 is 0. The van der Waals surface area contributed by atoms with E-state index in [1.165, 1.54) is 12.0 Å². The van der Waals surface area contributed by atoms with Gasteiger partial charge in [0.1, 0.15) is 5.84 Å². The minimum atomic E-state index is 0.164. The standard InChI is InChI=1S/C11H16N2/c1-11(2)5-7-13-10-9(8-11)4-3-6-12-10/h5,7-8H,3-4,6H2,1-2H3,(H,12,13). The number of nitrogens with zero attached hydrogens (tertiary/aromatic N) is 1. The molecular formula is C11H16N2. The van der Waals surface area contributed by atoms with Crippen LogP contribution in [0.3, 0.4) is 0 Å². The van der Waals surface area contributed by atoms with Crippen molar-refractivity contribution in [3.05, 3.63) is 23.9 Å². The molecule has 1 N–H and O–H groups in total. The largest absolute Gasteiger partial charge is 0.347 e. The van der Waals surface area contributed by atoms with Gasteiger partial charge in [-0.25, -0.2) is 0 Å². The predicted molar refractivity (Wildman–Crippen MR) is 55.7 cm³/mol. The van der Waals surface area contributed by atoms with E-state index >= 15 is 0 Å². The second-order valence-corrected chi connectivity index (χ2v) is 4.30. The van der Waals surface area contributed by atoms with Gasteiger partial charge < -0.3 is 5.32 Å². The average Bonchev–Trinajstić information content (AvgIpc) is 2.21. The quantitative estimate of drug-likeness (QED) is 0.601. The zero-order valence-electron chi connectivity index (χ0n) is 8.30. The van der Waals surface area contributed by atoms with Crippen LogP contribution >= 0.6 is 0 Å². The molecule has 0 aromatic carbocycles. The number of fused-ring (bicyclic) bond motifs is 1. The van der Waals surface area contributed by atoms with Crippen molar-refractivity contribution in [1.82, 2.24) is 5.32 Å². The Bertz CT molecular complexity index is 295. The predicted octanol–water partition coefficient (Wildman–Crippen LogP) is 2.25. The van der Waals surface area contributed by atoms with Crippen LogP contribution in [0.25, 0.3) is 0 Å². The first-order chi connectivity index (χ1) is 6.17. The van der Waals surface area contributed by atoms with Gasteiger partial charge in [-0.3, -0.25) is 4.99 Å². The molecule has 0 atom stereocenters. The van der Waals surface area contributed by atoms with Crippen LogP contribution in [0.5, 0.6) is 0 Å². The van der Waals surface area contributed by atoms with E-state index in [1.54, 1.807) is 0 Å². The van der Waals surface area contributed by atoms with Crippen molar-refractivity contribution in [3.8, 4) is 0 Å². The third-order valence-electron chi connectivity index (χ3n) is 2.46. The molecule has 2 aliphatic heterocycles. The number of amidine groups is 1. The van der Waals surface area contributed by atoms with Gasteiger partial charge in [-0.1, -0.05) is 26.0 Å². The molecule has 13 heavy (non-hydrogen) atoms. The van der Waals surface area contributed by atoms with Crippen LogP contribution in [-0.4, -0.2) is 12.4 Å². The molecule has 2 heteroatoms. The highest BCUT2D eigenvalue weighted by atomic mass is 15.0. The maximum atomic E-state index is 4.46. The van der Waals surface area contributed by atoms with Crippen molar-refractivity contribution in [2.75, 3.05) is 6.54 Å². The van der Waals surface area contributed by atoms with Gasteiger partial charge in [-0.2, -0.15) is 0 Å². The van der Waals surface area contributed by atoms with E-state index < -0.39 is 0 Å². The molecule has 0 aliphatic carbocycles. The fourth-order valence-corrected chi connectivity index (χ4v) is 1.79. The minimum Gasteiger partial charge on any atom is -0.347 e. The lowest BCUT2D eigenvalue weighted by Gasteiger charge is -2.17. The molecule has 0 amide bonds. The van der Waals surface area contributed by atoms with Crippen molar-refractivity contribution < 1.29 is 0 Å². The summed E-state index contributed by atoms with van der Waals surface area (Å²) in [6.45, 7) is 5.40. The van der Waals surface area contributed by atoms with Crippen molar-refractivity contribution in [1.29, 1.82) is 0 Å². The summed E-state index contributed by atoms with van der Waals surface area (Å²) in [7, 11) is 0. The second kappa shape index (κ2) is 3.02. The molecule has 2 heterocycles. The molecule has 2 aliphatic rings. The minimum absolute atomic E-state index is 0.164. The molecule has 0 radical (unpaired) electrons. The van der Waals surface area contributed by atoms with Gasteiger partial charge in [0.25, 0.3) is 0 Å². The number of hydrogen-bond donors (Lipinski definition) is 1. The van der Waals surface area contributed by atoms with Crippen LogP contribution < -0.4 is 5.32 Å². The molecule has 0 saturated heterocycles. The van der Waals surface area contributed by atoms with Gasteiger partial charge in [0, 0.05) is 12.0 Å². The number of allylic oxidation sites excluding steroid dienone is 2. The van der Waals surface area contributed by atoms with Crippen LogP contribution in [0, 0.1) is 5.41 Å². The fourth-order valence-electron chi connectivity index (χ4n) is 1.79. The first-order valence-electron chi connectivity index (χ1n) is 4.88. The van der Waals surface area contributed by atoms with Gasteiger partial charge in [0.05, 0.1) is 0 Å². The molecule has 0 spiro atoms. The van der Waals surface area contributed by atoms with Crippen molar-refractivity contribution in [3.63, 3.8) is 0 Å². The Morgan fingerprint density at radius 2 is 2.31 bits per heavy atom. The van der Waals surface area contributed by atoms with Gasteiger partial charge in [-0.15, -0.1) is 0 Å². The normalized spacial score (nSPS) is 25.1. The number of aliphatic imine (C=N–C) groups is 1. The van der Waals surface area contributed by atoms with Crippen LogP contribution in [0.4, 0.5) is 0 Å². The monoisotopic (exact) mass is 176 g/mol. The third-order valence-corrected chi connectivity index (χ3v) is 2.46. The lowest BCUT2D eigenvalue weighted by molar-refractivity contribution is 0.618. The van der Waals surface area contributed by atoms with E-state index in [0.717, 1.165) is 18.8 Å². The molecule has 0 bridgehead atoms.